The van der Waals surface area contributed by atoms with Gasteiger partial charge < -0.3 is 10.1 Å². The maximum absolute atomic E-state index is 5.34. The minimum atomic E-state index is 0.715. The van der Waals surface area contributed by atoms with Crippen LogP contribution in [0.3, 0.4) is 0 Å². The van der Waals surface area contributed by atoms with Crippen LogP contribution < -0.4 is 10.1 Å². The molecule has 86 valence electrons. The summed E-state index contributed by atoms with van der Waals surface area (Å²) in [6, 6.07) is 6.59. The Morgan fingerprint density at radius 3 is 3.12 bits per heavy atom. The van der Waals surface area contributed by atoms with E-state index in [1.807, 2.05) is 0 Å². The van der Waals surface area contributed by atoms with Gasteiger partial charge in [0.1, 0.15) is 5.75 Å². The summed E-state index contributed by atoms with van der Waals surface area (Å²) in [6.45, 7) is 2.34. The summed E-state index contributed by atoms with van der Waals surface area (Å²) in [7, 11) is 1.75. The van der Waals surface area contributed by atoms with Gasteiger partial charge in [-0.1, -0.05) is 6.07 Å². The second-order valence-electron chi connectivity index (χ2n) is 4.96. The fourth-order valence-corrected chi connectivity index (χ4v) is 3.24. The minimum Gasteiger partial charge on any atom is -0.497 e. The zero-order valence-electron chi connectivity index (χ0n) is 9.83. The quantitative estimate of drug-likeness (QED) is 0.779. The number of rotatable bonds is 1. The first-order chi connectivity index (χ1) is 7.88. The van der Waals surface area contributed by atoms with Crippen molar-refractivity contribution in [3.8, 4) is 5.75 Å². The molecule has 2 nitrogen and oxygen atoms in total. The van der Waals surface area contributed by atoms with Crippen LogP contribution in [0.5, 0.6) is 5.75 Å². The van der Waals surface area contributed by atoms with E-state index < -0.39 is 0 Å². The zero-order chi connectivity index (χ0) is 11.0. The Hall–Kier alpha value is -1.02. The molecule has 0 saturated carbocycles. The van der Waals surface area contributed by atoms with Gasteiger partial charge in [-0.05, 0) is 60.9 Å². The van der Waals surface area contributed by atoms with Gasteiger partial charge in [0.25, 0.3) is 0 Å². The first kappa shape index (κ1) is 10.2. The van der Waals surface area contributed by atoms with E-state index in [0.29, 0.717) is 5.92 Å². The van der Waals surface area contributed by atoms with Crippen molar-refractivity contribution in [2.75, 3.05) is 20.2 Å². The third-order valence-corrected chi connectivity index (χ3v) is 4.16. The van der Waals surface area contributed by atoms with E-state index in [1.165, 1.54) is 36.9 Å². The highest BCUT2D eigenvalue weighted by molar-refractivity contribution is 5.40. The maximum Gasteiger partial charge on any atom is 0.119 e. The largest absolute Gasteiger partial charge is 0.497 e. The smallest absolute Gasteiger partial charge is 0.119 e. The Kier molecular flexibility index (Phi) is 2.60. The van der Waals surface area contributed by atoms with Gasteiger partial charge in [-0.2, -0.15) is 0 Å². The van der Waals surface area contributed by atoms with Gasteiger partial charge in [0.05, 0.1) is 7.11 Å². The number of fused-ring (bicyclic) bond motifs is 3. The van der Waals surface area contributed by atoms with Crippen LogP contribution in [0.15, 0.2) is 18.2 Å². The predicted molar refractivity (Wildman–Crippen MR) is 65.0 cm³/mol. The molecule has 2 aliphatic rings. The van der Waals surface area contributed by atoms with E-state index in [1.54, 1.807) is 7.11 Å². The van der Waals surface area contributed by atoms with Crippen molar-refractivity contribution in [3.63, 3.8) is 0 Å². The number of aryl methyl sites for hydroxylation is 1. The van der Waals surface area contributed by atoms with Crippen molar-refractivity contribution in [2.45, 2.75) is 25.2 Å². The normalized spacial score (nSPS) is 28.1. The molecule has 1 aromatic carbocycles. The molecule has 0 aromatic heterocycles. The Bertz CT molecular complexity index is 388. The molecule has 3 rings (SSSR count). The molecule has 0 unspecified atom stereocenters. The lowest BCUT2D eigenvalue weighted by Gasteiger charge is -2.37. The van der Waals surface area contributed by atoms with Crippen LogP contribution in [0.2, 0.25) is 0 Å². The highest BCUT2D eigenvalue weighted by Gasteiger charge is 2.31. The van der Waals surface area contributed by atoms with Crippen LogP contribution in [-0.2, 0) is 6.42 Å². The molecule has 2 heteroatoms. The number of nitrogens with one attached hydrogen (secondary N) is 1. The summed E-state index contributed by atoms with van der Waals surface area (Å²) in [5.74, 6) is 2.61. The summed E-state index contributed by atoms with van der Waals surface area (Å²) < 4.78 is 5.34. The van der Waals surface area contributed by atoms with E-state index in [2.05, 4.69) is 23.5 Å². The van der Waals surface area contributed by atoms with Gasteiger partial charge in [0, 0.05) is 6.54 Å². The number of piperidine rings is 1. The molecule has 0 bridgehead atoms. The standard InChI is InChI=1S/C14H19NO/c1-16-12-5-4-10-2-3-11-6-7-15-9-14(11)13(10)8-12/h4-5,8,11,14-15H,2-3,6-7,9H2,1H3/t11-,14-/m0/s1. The summed E-state index contributed by atoms with van der Waals surface area (Å²) in [6.07, 6.45) is 3.95. The number of ether oxygens (including phenoxy) is 1. The van der Waals surface area contributed by atoms with Crippen LogP contribution in [0.1, 0.15) is 29.9 Å². The topological polar surface area (TPSA) is 21.3 Å². The van der Waals surface area contributed by atoms with Crippen molar-refractivity contribution in [1.29, 1.82) is 0 Å². The first-order valence-electron chi connectivity index (χ1n) is 6.26. The molecule has 0 amide bonds. The lowest BCUT2D eigenvalue weighted by Crippen LogP contribution is -2.37. The third-order valence-electron chi connectivity index (χ3n) is 4.16. The molecule has 1 aliphatic carbocycles. The lowest BCUT2D eigenvalue weighted by molar-refractivity contribution is 0.290. The third kappa shape index (κ3) is 1.61. The molecule has 0 radical (unpaired) electrons. The number of hydrogen-bond acceptors (Lipinski definition) is 2. The van der Waals surface area contributed by atoms with Gasteiger partial charge in [0.2, 0.25) is 0 Å². The number of hydrogen-bond donors (Lipinski definition) is 1. The molecule has 1 N–H and O–H groups in total. The van der Waals surface area contributed by atoms with Crippen molar-refractivity contribution in [2.24, 2.45) is 5.92 Å². The monoisotopic (exact) mass is 217 g/mol. The van der Waals surface area contributed by atoms with E-state index in [9.17, 15) is 0 Å². The highest BCUT2D eigenvalue weighted by atomic mass is 16.5. The first-order valence-corrected chi connectivity index (χ1v) is 6.26. The van der Waals surface area contributed by atoms with Crippen LogP contribution in [0.25, 0.3) is 0 Å². The molecule has 0 spiro atoms. The average molecular weight is 217 g/mol. The van der Waals surface area contributed by atoms with Crippen molar-refractivity contribution in [3.05, 3.63) is 29.3 Å². The van der Waals surface area contributed by atoms with E-state index >= 15 is 0 Å². The summed E-state index contributed by atoms with van der Waals surface area (Å²) in [5.41, 5.74) is 3.06. The SMILES string of the molecule is COc1ccc2c(c1)[C@H]1CNCC[C@@H]1CC2. The van der Waals surface area contributed by atoms with Gasteiger partial charge >= 0.3 is 0 Å². The van der Waals surface area contributed by atoms with Crippen LogP contribution in [-0.4, -0.2) is 20.2 Å². The minimum absolute atomic E-state index is 0.715. The van der Waals surface area contributed by atoms with Gasteiger partial charge in [-0.3, -0.25) is 0 Å². The Balaban J connectivity index is 1.98. The summed E-state index contributed by atoms with van der Waals surface area (Å²) in [5, 5.41) is 3.52. The number of benzene rings is 1. The molecular weight excluding hydrogens is 198 g/mol. The van der Waals surface area contributed by atoms with Gasteiger partial charge in [0.15, 0.2) is 0 Å². The van der Waals surface area contributed by atoms with Gasteiger partial charge in [-0.15, -0.1) is 0 Å². The van der Waals surface area contributed by atoms with E-state index in [4.69, 9.17) is 4.74 Å². The van der Waals surface area contributed by atoms with Crippen molar-refractivity contribution < 1.29 is 4.74 Å². The second-order valence-corrected chi connectivity index (χ2v) is 4.96. The molecular formula is C14H19NO. The Labute approximate surface area is 97.0 Å². The highest BCUT2D eigenvalue weighted by Crippen LogP contribution is 2.40. The molecule has 2 atom stereocenters. The lowest BCUT2D eigenvalue weighted by atomic mass is 9.72. The predicted octanol–water partition coefficient (Wildman–Crippen LogP) is 2.33. The fourth-order valence-electron chi connectivity index (χ4n) is 3.24. The van der Waals surface area contributed by atoms with Crippen molar-refractivity contribution >= 4 is 0 Å². The summed E-state index contributed by atoms with van der Waals surface area (Å²) >= 11 is 0. The fraction of sp³-hybridized carbons (Fsp3) is 0.571. The molecule has 1 aromatic rings. The average Bonchev–Trinajstić information content (AvgIpc) is 2.38. The molecule has 1 fully saturated rings. The molecule has 1 heterocycles. The zero-order valence-corrected chi connectivity index (χ0v) is 9.83. The second kappa shape index (κ2) is 4.10. The number of methoxy groups -OCH3 is 1. The van der Waals surface area contributed by atoms with Crippen LogP contribution >= 0.6 is 0 Å². The van der Waals surface area contributed by atoms with Crippen LogP contribution in [0, 0.1) is 5.92 Å². The molecule has 1 aliphatic heterocycles. The van der Waals surface area contributed by atoms with Crippen molar-refractivity contribution in [1.82, 2.24) is 5.32 Å². The van der Waals surface area contributed by atoms with Gasteiger partial charge in [-0.25, -0.2) is 0 Å². The van der Waals surface area contributed by atoms with E-state index in [-0.39, 0.29) is 0 Å². The Morgan fingerprint density at radius 2 is 2.25 bits per heavy atom. The van der Waals surface area contributed by atoms with E-state index in [0.717, 1.165) is 18.2 Å². The molecule has 16 heavy (non-hydrogen) atoms. The van der Waals surface area contributed by atoms with Crippen LogP contribution in [0.4, 0.5) is 0 Å². The molecule has 1 saturated heterocycles. The maximum atomic E-state index is 5.34. The Morgan fingerprint density at radius 1 is 1.31 bits per heavy atom. The summed E-state index contributed by atoms with van der Waals surface area (Å²) in [4.78, 5) is 0.